The lowest BCUT2D eigenvalue weighted by Gasteiger charge is -2.54. The van der Waals surface area contributed by atoms with E-state index < -0.39 is 0 Å². The lowest BCUT2D eigenvalue weighted by Crippen LogP contribution is -2.49. The molecule has 1 heterocycles. The van der Waals surface area contributed by atoms with Crippen molar-refractivity contribution >= 4 is 0 Å². The first-order valence-electron chi connectivity index (χ1n) is 13.6. The van der Waals surface area contributed by atoms with Gasteiger partial charge in [0, 0.05) is 12.4 Å². The molecule has 0 saturated heterocycles. The van der Waals surface area contributed by atoms with Gasteiger partial charge in [-0.15, -0.1) is 0 Å². The van der Waals surface area contributed by atoms with Gasteiger partial charge in [-0.3, -0.25) is 9.13 Å². The minimum absolute atomic E-state index is 0.0197. The number of aryl methyl sites for hydroxylation is 6. The van der Waals surface area contributed by atoms with Crippen LogP contribution in [0.5, 0.6) is 0 Å². The van der Waals surface area contributed by atoms with Crippen molar-refractivity contribution < 1.29 is 0 Å². The van der Waals surface area contributed by atoms with Crippen LogP contribution in [-0.4, -0.2) is 14.7 Å². The van der Waals surface area contributed by atoms with Crippen molar-refractivity contribution in [3.63, 3.8) is 0 Å². The summed E-state index contributed by atoms with van der Waals surface area (Å²) in [6.45, 7) is 13.0. The van der Waals surface area contributed by atoms with Gasteiger partial charge in [-0.05, 0) is 125 Å². The Bertz CT molecular complexity index is 1270. The first kappa shape index (κ1) is 23.4. The molecule has 5 nitrogen and oxygen atoms in total. The predicted molar refractivity (Wildman–Crippen MR) is 145 cm³/mol. The van der Waals surface area contributed by atoms with Crippen LogP contribution in [0.1, 0.15) is 71.9 Å². The molecule has 3 aromatic rings. The van der Waals surface area contributed by atoms with Crippen molar-refractivity contribution in [2.75, 3.05) is 0 Å². The molecule has 36 heavy (non-hydrogen) atoms. The van der Waals surface area contributed by atoms with Gasteiger partial charge < -0.3 is 0 Å². The quantitative estimate of drug-likeness (QED) is 0.276. The fraction of sp³-hybridized carbons (Fsp3) is 0.516. The third-order valence-electron chi connectivity index (χ3n) is 8.95. The Labute approximate surface area is 215 Å². The Balaban J connectivity index is 1.50. The molecule has 7 rings (SSSR count). The second kappa shape index (κ2) is 8.57. The van der Waals surface area contributed by atoms with Crippen molar-refractivity contribution in [2.45, 2.75) is 85.6 Å². The standard InChI is InChI=1S/C31H39N5/c1-19-9-21(3)28(22(4)10-19)35-7-8-36(29-23(5)11-20(2)12-24(29)6)30(35)32-34-33-31-16-25-13-26(17-31)15-27(14-25)18-31/h7-12,25-27H,13-18H2,1-6H3. The summed E-state index contributed by atoms with van der Waals surface area (Å²) in [7, 11) is 0. The van der Waals surface area contributed by atoms with Crippen LogP contribution in [0.25, 0.3) is 11.4 Å². The molecule has 2 aromatic carbocycles. The van der Waals surface area contributed by atoms with Gasteiger partial charge in [0.15, 0.2) is 0 Å². The van der Waals surface area contributed by atoms with Crippen LogP contribution in [-0.2, 0) is 0 Å². The molecule has 1 aromatic heterocycles. The normalized spacial score (nSPS) is 26.8. The highest BCUT2D eigenvalue weighted by Crippen LogP contribution is 2.57. The second-order valence-electron chi connectivity index (χ2n) is 12.3. The zero-order valence-electron chi connectivity index (χ0n) is 22.7. The summed E-state index contributed by atoms with van der Waals surface area (Å²) < 4.78 is 4.39. The molecule has 4 aliphatic rings. The van der Waals surface area contributed by atoms with Crippen LogP contribution in [0.3, 0.4) is 0 Å². The summed E-state index contributed by atoms with van der Waals surface area (Å²) in [4.78, 5) is 0. The van der Waals surface area contributed by atoms with E-state index in [-0.39, 0.29) is 5.54 Å². The van der Waals surface area contributed by atoms with Crippen molar-refractivity contribution in [3.05, 3.63) is 75.7 Å². The summed E-state index contributed by atoms with van der Waals surface area (Å²) in [6, 6.07) is 8.98. The molecule has 0 spiro atoms. The van der Waals surface area contributed by atoms with Gasteiger partial charge in [-0.1, -0.05) is 40.5 Å². The molecule has 5 heteroatoms. The van der Waals surface area contributed by atoms with E-state index in [9.17, 15) is 0 Å². The number of hydrogen-bond acceptors (Lipinski definition) is 2. The maximum atomic E-state index is 5.01. The topological polar surface area (TPSA) is 46.9 Å². The number of hydrogen-bond donors (Lipinski definition) is 0. The smallest absolute Gasteiger partial charge is 0.240 e. The fourth-order valence-electron chi connectivity index (χ4n) is 8.28. The van der Waals surface area contributed by atoms with E-state index in [4.69, 9.17) is 10.2 Å². The van der Waals surface area contributed by atoms with Gasteiger partial charge in [0.25, 0.3) is 0 Å². The number of imidazole rings is 1. The zero-order chi connectivity index (χ0) is 25.2. The third-order valence-corrected chi connectivity index (χ3v) is 8.95. The molecule has 4 bridgehead atoms. The van der Waals surface area contributed by atoms with E-state index in [0.29, 0.717) is 0 Å². The second-order valence-corrected chi connectivity index (χ2v) is 12.3. The van der Waals surface area contributed by atoms with E-state index in [2.05, 4.69) is 92.6 Å². The van der Waals surface area contributed by atoms with E-state index in [1.54, 1.807) is 0 Å². The molecule has 0 amide bonds. The molecule has 0 aliphatic heterocycles. The Morgan fingerprint density at radius 1 is 0.639 bits per heavy atom. The van der Waals surface area contributed by atoms with Gasteiger partial charge in [0.05, 0.1) is 16.9 Å². The van der Waals surface area contributed by atoms with Crippen molar-refractivity contribution in [1.82, 2.24) is 9.13 Å². The van der Waals surface area contributed by atoms with Gasteiger partial charge in [-0.25, -0.2) is 0 Å². The molecular formula is C31H39N5. The lowest BCUT2D eigenvalue weighted by molar-refractivity contribution is -0.00216. The highest BCUT2D eigenvalue weighted by molar-refractivity contribution is 5.52. The molecular weight excluding hydrogens is 442 g/mol. The van der Waals surface area contributed by atoms with Gasteiger partial charge in [0.1, 0.15) is 0 Å². The molecule has 4 saturated carbocycles. The average molecular weight is 482 g/mol. The van der Waals surface area contributed by atoms with E-state index in [0.717, 1.165) is 23.4 Å². The third kappa shape index (κ3) is 3.97. The van der Waals surface area contributed by atoms with Gasteiger partial charge in [0.2, 0.25) is 5.62 Å². The maximum Gasteiger partial charge on any atom is 0.240 e. The number of benzene rings is 2. The highest BCUT2D eigenvalue weighted by Gasteiger charge is 2.51. The Morgan fingerprint density at radius 3 is 1.42 bits per heavy atom. The minimum atomic E-state index is 0.0197. The molecule has 188 valence electrons. The largest absolute Gasteiger partial charge is 0.284 e. The Morgan fingerprint density at radius 2 is 1.03 bits per heavy atom. The van der Waals surface area contributed by atoms with Crippen LogP contribution in [0.15, 0.2) is 52.1 Å². The molecule has 4 fully saturated rings. The highest BCUT2D eigenvalue weighted by atomic mass is 15.4. The first-order valence-corrected chi connectivity index (χ1v) is 13.6. The van der Waals surface area contributed by atoms with Crippen molar-refractivity contribution in [2.24, 2.45) is 33.2 Å². The molecule has 0 N–H and O–H groups in total. The minimum Gasteiger partial charge on any atom is -0.284 e. The predicted octanol–water partition coefficient (Wildman–Crippen LogP) is 7.36. The average Bonchev–Trinajstić information content (AvgIpc) is 3.14. The van der Waals surface area contributed by atoms with Gasteiger partial charge >= 0.3 is 0 Å². The summed E-state index contributed by atoms with van der Waals surface area (Å²) >= 11 is 0. The summed E-state index contributed by atoms with van der Waals surface area (Å²) in [5, 5.41) is 14.5. The van der Waals surface area contributed by atoms with Crippen molar-refractivity contribution in [1.29, 1.82) is 0 Å². The molecule has 0 atom stereocenters. The Kier molecular flexibility index (Phi) is 5.58. The first-order chi connectivity index (χ1) is 17.2. The van der Waals surface area contributed by atoms with Crippen LogP contribution in [0.2, 0.25) is 0 Å². The van der Waals surface area contributed by atoms with Gasteiger partial charge in [-0.2, -0.15) is 5.11 Å². The summed E-state index contributed by atoms with van der Waals surface area (Å²) in [6.07, 6.45) is 12.1. The molecule has 4 aliphatic carbocycles. The van der Waals surface area contributed by atoms with E-state index >= 15 is 0 Å². The zero-order valence-corrected chi connectivity index (χ0v) is 22.7. The van der Waals surface area contributed by atoms with Crippen molar-refractivity contribution in [3.8, 4) is 11.4 Å². The summed E-state index contributed by atoms with van der Waals surface area (Å²) in [5.41, 5.74) is 10.7. The number of aromatic nitrogens is 2. The van der Waals surface area contributed by atoms with Crippen LogP contribution >= 0.6 is 0 Å². The molecule has 0 unspecified atom stereocenters. The monoisotopic (exact) mass is 481 g/mol. The fourth-order valence-corrected chi connectivity index (χ4v) is 8.28. The number of nitrogens with zero attached hydrogens (tertiary/aromatic N) is 5. The van der Waals surface area contributed by atoms with E-state index in [1.165, 1.54) is 83.3 Å². The van der Waals surface area contributed by atoms with Crippen LogP contribution in [0.4, 0.5) is 0 Å². The van der Waals surface area contributed by atoms with Crippen LogP contribution < -0.4 is 5.62 Å². The lowest BCUT2D eigenvalue weighted by atomic mass is 9.53. The number of rotatable bonds is 4. The Hall–Kier alpha value is -2.95. The van der Waals surface area contributed by atoms with E-state index in [1.807, 2.05) is 0 Å². The SMILES string of the molecule is Cc1cc(C)c(-n2ccn(-c3c(C)cc(C)cc3C)c2=NN=NC23CC4CC(CC(C4)C2)C3)c(C)c1. The summed E-state index contributed by atoms with van der Waals surface area (Å²) in [5.74, 6) is 2.54. The van der Waals surface area contributed by atoms with Crippen LogP contribution in [0, 0.1) is 59.3 Å². The molecule has 0 radical (unpaired) electrons. The maximum absolute atomic E-state index is 5.01.